The Labute approximate surface area is 98.6 Å². The number of halogens is 3. The van der Waals surface area contributed by atoms with Gasteiger partial charge in [0.25, 0.3) is 0 Å². The van der Waals surface area contributed by atoms with E-state index in [4.69, 9.17) is 0 Å². The molecule has 0 aliphatic rings. The molecule has 1 atom stereocenters. The molecule has 1 rings (SSSR count). The van der Waals surface area contributed by atoms with E-state index in [-0.39, 0.29) is 0 Å². The molecule has 1 unspecified atom stereocenters. The van der Waals surface area contributed by atoms with Crippen molar-refractivity contribution in [2.24, 2.45) is 0 Å². The highest BCUT2D eigenvalue weighted by Gasteiger charge is 2.31. The Balaban J connectivity index is 2.90. The van der Waals surface area contributed by atoms with Gasteiger partial charge in [0.1, 0.15) is 0 Å². The van der Waals surface area contributed by atoms with Gasteiger partial charge >= 0.3 is 6.18 Å². The molecular formula is C13H15F3O. The summed E-state index contributed by atoms with van der Waals surface area (Å²) in [4.78, 5) is 0. The number of aliphatic hydroxyl groups is 1. The van der Waals surface area contributed by atoms with Crippen LogP contribution in [0.2, 0.25) is 0 Å². The van der Waals surface area contributed by atoms with Crippen molar-refractivity contribution >= 4 is 0 Å². The number of hydrogen-bond donors (Lipinski definition) is 1. The molecule has 1 aromatic rings. The Morgan fingerprint density at radius 2 is 1.65 bits per heavy atom. The Kier molecular flexibility index (Phi) is 3.98. The standard InChI is InChI=1S/C13H15F3O/c1-3-4-9-12(2,17)10-5-7-11(8-6-10)13(14,15)16/h3,5-8,17H,1,4,9H2,2H3. The van der Waals surface area contributed by atoms with Crippen molar-refractivity contribution in [2.75, 3.05) is 0 Å². The number of benzene rings is 1. The lowest BCUT2D eigenvalue weighted by atomic mass is 9.90. The second kappa shape index (κ2) is 4.92. The van der Waals surface area contributed by atoms with Crippen LogP contribution in [0.25, 0.3) is 0 Å². The maximum Gasteiger partial charge on any atom is 0.416 e. The summed E-state index contributed by atoms with van der Waals surface area (Å²) < 4.78 is 37.0. The molecule has 4 heteroatoms. The third-order valence-corrected chi connectivity index (χ3v) is 2.67. The molecule has 0 saturated carbocycles. The molecule has 94 valence electrons. The van der Waals surface area contributed by atoms with Gasteiger partial charge in [0.15, 0.2) is 0 Å². The zero-order valence-corrected chi connectivity index (χ0v) is 9.59. The first-order valence-corrected chi connectivity index (χ1v) is 5.28. The van der Waals surface area contributed by atoms with Crippen LogP contribution in [0.4, 0.5) is 13.2 Å². The van der Waals surface area contributed by atoms with Gasteiger partial charge in [-0.2, -0.15) is 13.2 Å². The van der Waals surface area contributed by atoms with Gasteiger partial charge in [0.2, 0.25) is 0 Å². The quantitative estimate of drug-likeness (QED) is 0.797. The first kappa shape index (κ1) is 13.8. The van der Waals surface area contributed by atoms with Crippen molar-refractivity contribution < 1.29 is 18.3 Å². The molecule has 0 fully saturated rings. The third-order valence-electron chi connectivity index (χ3n) is 2.67. The highest BCUT2D eigenvalue weighted by molar-refractivity contribution is 5.28. The molecule has 1 aromatic carbocycles. The van der Waals surface area contributed by atoms with Gasteiger partial charge in [-0.1, -0.05) is 18.2 Å². The summed E-state index contributed by atoms with van der Waals surface area (Å²) in [5.74, 6) is 0. The lowest BCUT2D eigenvalue weighted by Crippen LogP contribution is -2.21. The minimum atomic E-state index is -4.34. The van der Waals surface area contributed by atoms with Crippen LogP contribution in [0.1, 0.15) is 30.9 Å². The molecule has 0 saturated heterocycles. The molecule has 0 aromatic heterocycles. The van der Waals surface area contributed by atoms with Gasteiger partial charge in [0.05, 0.1) is 11.2 Å². The molecule has 1 N–H and O–H groups in total. The zero-order valence-electron chi connectivity index (χ0n) is 9.59. The molecule has 0 radical (unpaired) electrons. The Bertz CT molecular complexity index is 377. The lowest BCUT2D eigenvalue weighted by Gasteiger charge is -2.23. The van der Waals surface area contributed by atoms with E-state index in [2.05, 4.69) is 6.58 Å². The first-order chi connectivity index (χ1) is 7.77. The highest BCUT2D eigenvalue weighted by atomic mass is 19.4. The van der Waals surface area contributed by atoms with Crippen LogP contribution in [0.5, 0.6) is 0 Å². The number of rotatable bonds is 4. The van der Waals surface area contributed by atoms with E-state index in [1.807, 2.05) is 0 Å². The minimum Gasteiger partial charge on any atom is -0.385 e. The van der Waals surface area contributed by atoms with E-state index in [1.54, 1.807) is 13.0 Å². The summed E-state index contributed by atoms with van der Waals surface area (Å²) in [5, 5.41) is 10.1. The lowest BCUT2D eigenvalue weighted by molar-refractivity contribution is -0.137. The minimum absolute atomic E-state index is 0.432. The Hall–Kier alpha value is -1.29. The highest BCUT2D eigenvalue weighted by Crippen LogP contribution is 2.32. The van der Waals surface area contributed by atoms with Gasteiger partial charge in [-0.05, 0) is 37.5 Å². The zero-order chi connectivity index (χ0) is 13.1. The van der Waals surface area contributed by atoms with Crippen LogP contribution in [0, 0.1) is 0 Å². The first-order valence-electron chi connectivity index (χ1n) is 5.28. The molecule has 0 bridgehead atoms. The topological polar surface area (TPSA) is 20.2 Å². The number of allylic oxidation sites excluding steroid dienone is 1. The van der Waals surface area contributed by atoms with E-state index in [0.717, 1.165) is 12.1 Å². The van der Waals surface area contributed by atoms with Crippen molar-refractivity contribution in [3.05, 3.63) is 48.0 Å². The van der Waals surface area contributed by atoms with Gasteiger partial charge in [-0.15, -0.1) is 6.58 Å². The van der Waals surface area contributed by atoms with Crippen LogP contribution in [0.15, 0.2) is 36.9 Å². The summed E-state index contributed by atoms with van der Waals surface area (Å²) in [6, 6.07) is 4.59. The summed E-state index contributed by atoms with van der Waals surface area (Å²) in [6.07, 6.45) is -1.64. The normalized spacial score (nSPS) is 15.4. The largest absolute Gasteiger partial charge is 0.416 e. The van der Waals surface area contributed by atoms with Crippen molar-refractivity contribution in [3.8, 4) is 0 Å². The molecular weight excluding hydrogens is 229 g/mol. The predicted molar refractivity (Wildman–Crippen MR) is 60.4 cm³/mol. The van der Waals surface area contributed by atoms with E-state index in [0.29, 0.717) is 18.4 Å². The third kappa shape index (κ3) is 3.60. The maximum atomic E-state index is 12.3. The summed E-state index contributed by atoms with van der Waals surface area (Å²) >= 11 is 0. The summed E-state index contributed by atoms with van der Waals surface area (Å²) in [5.41, 5.74) is -1.36. The van der Waals surface area contributed by atoms with E-state index >= 15 is 0 Å². The molecule has 0 heterocycles. The second-order valence-corrected chi connectivity index (χ2v) is 4.18. The van der Waals surface area contributed by atoms with Crippen molar-refractivity contribution in [3.63, 3.8) is 0 Å². The maximum absolute atomic E-state index is 12.3. The monoisotopic (exact) mass is 244 g/mol. The van der Waals surface area contributed by atoms with Crippen molar-refractivity contribution in [1.82, 2.24) is 0 Å². The van der Waals surface area contributed by atoms with Gasteiger partial charge < -0.3 is 5.11 Å². The molecule has 1 nitrogen and oxygen atoms in total. The molecule has 0 amide bonds. The summed E-state index contributed by atoms with van der Waals surface area (Å²) in [7, 11) is 0. The second-order valence-electron chi connectivity index (χ2n) is 4.18. The SMILES string of the molecule is C=CCCC(C)(O)c1ccc(C(F)(F)F)cc1. The number of alkyl halides is 3. The van der Waals surface area contributed by atoms with E-state index < -0.39 is 17.3 Å². The average Bonchev–Trinajstić information content (AvgIpc) is 2.25. The average molecular weight is 244 g/mol. The Morgan fingerprint density at radius 3 is 2.06 bits per heavy atom. The van der Waals surface area contributed by atoms with Gasteiger partial charge in [-0.3, -0.25) is 0 Å². The van der Waals surface area contributed by atoms with Crippen LogP contribution in [-0.4, -0.2) is 5.11 Å². The van der Waals surface area contributed by atoms with Crippen LogP contribution in [-0.2, 0) is 11.8 Å². The molecule has 0 aliphatic carbocycles. The molecule has 17 heavy (non-hydrogen) atoms. The van der Waals surface area contributed by atoms with Gasteiger partial charge in [-0.25, -0.2) is 0 Å². The summed E-state index contributed by atoms with van der Waals surface area (Å²) in [6.45, 7) is 5.13. The predicted octanol–water partition coefficient (Wildman–Crippen LogP) is 3.88. The van der Waals surface area contributed by atoms with Crippen LogP contribution < -0.4 is 0 Å². The fraction of sp³-hybridized carbons (Fsp3) is 0.385. The van der Waals surface area contributed by atoms with Crippen molar-refractivity contribution in [2.45, 2.75) is 31.5 Å². The van der Waals surface area contributed by atoms with Gasteiger partial charge in [0, 0.05) is 0 Å². The van der Waals surface area contributed by atoms with Crippen LogP contribution in [0.3, 0.4) is 0 Å². The molecule has 0 spiro atoms. The number of hydrogen-bond acceptors (Lipinski definition) is 1. The molecule has 0 aliphatic heterocycles. The van der Waals surface area contributed by atoms with Crippen molar-refractivity contribution in [1.29, 1.82) is 0 Å². The fourth-order valence-electron chi connectivity index (χ4n) is 1.55. The smallest absolute Gasteiger partial charge is 0.385 e. The van der Waals surface area contributed by atoms with Crippen LogP contribution >= 0.6 is 0 Å². The van der Waals surface area contributed by atoms with E-state index in [1.165, 1.54) is 12.1 Å². The Morgan fingerprint density at radius 1 is 1.18 bits per heavy atom. The fourth-order valence-corrected chi connectivity index (χ4v) is 1.55. The van der Waals surface area contributed by atoms with E-state index in [9.17, 15) is 18.3 Å².